The SMILES string of the molecule is CCSCc1cccc(NC(=O)C2(C#N)CCNC2)c1. The van der Waals surface area contributed by atoms with Gasteiger partial charge in [-0.05, 0) is 36.4 Å². The number of amides is 1. The monoisotopic (exact) mass is 289 g/mol. The minimum absolute atomic E-state index is 0.203. The van der Waals surface area contributed by atoms with Gasteiger partial charge in [0.1, 0.15) is 5.41 Å². The zero-order valence-electron chi connectivity index (χ0n) is 11.6. The molecule has 1 fully saturated rings. The number of nitrogens with one attached hydrogen (secondary N) is 2. The summed E-state index contributed by atoms with van der Waals surface area (Å²) in [6.45, 7) is 3.27. The number of hydrogen-bond acceptors (Lipinski definition) is 4. The maximum Gasteiger partial charge on any atom is 0.246 e. The van der Waals surface area contributed by atoms with Crippen LogP contribution in [0.4, 0.5) is 5.69 Å². The summed E-state index contributed by atoms with van der Waals surface area (Å²) in [5.74, 6) is 1.80. The molecule has 5 heteroatoms. The van der Waals surface area contributed by atoms with Crippen molar-refractivity contribution >= 4 is 23.4 Å². The second-order valence-corrected chi connectivity index (χ2v) is 6.19. The predicted octanol–water partition coefficient (Wildman–Crippen LogP) is 2.38. The Labute approximate surface area is 123 Å². The number of rotatable bonds is 5. The molecule has 0 spiro atoms. The first-order valence-corrected chi connectivity index (χ1v) is 7.96. The molecular formula is C15H19N3OS. The summed E-state index contributed by atoms with van der Waals surface area (Å²) in [4.78, 5) is 12.3. The van der Waals surface area contributed by atoms with Crippen LogP contribution in [-0.4, -0.2) is 24.7 Å². The standard InChI is InChI=1S/C15H19N3OS/c1-2-20-9-12-4-3-5-13(8-12)18-14(19)15(10-16)6-7-17-11-15/h3-5,8,17H,2,6-7,9,11H2,1H3,(H,18,19). The second-order valence-electron chi connectivity index (χ2n) is 4.91. The van der Waals surface area contributed by atoms with Crippen molar-refractivity contribution in [2.45, 2.75) is 19.1 Å². The highest BCUT2D eigenvalue weighted by molar-refractivity contribution is 7.98. The minimum Gasteiger partial charge on any atom is -0.325 e. The molecule has 2 rings (SSSR count). The van der Waals surface area contributed by atoms with E-state index in [0.717, 1.165) is 17.2 Å². The van der Waals surface area contributed by atoms with E-state index in [1.807, 2.05) is 30.0 Å². The van der Waals surface area contributed by atoms with Crippen molar-refractivity contribution in [1.29, 1.82) is 5.26 Å². The summed E-state index contributed by atoms with van der Waals surface area (Å²) in [7, 11) is 0. The first-order chi connectivity index (χ1) is 9.70. The zero-order chi connectivity index (χ0) is 14.4. The van der Waals surface area contributed by atoms with Crippen LogP contribution in [0.5, 0.6) is 0 Å². The van der Waals surface area contributed by atoms with Crippen LogP contribution in [-0.2, 0) is 10.5 Å². The van der Waals surface area contributed by atoms with Gasteiger partial charge in [0, 0.05) is 18.0 Å². The number of carbonyl (C=O) groups is 1. The number of benzene rings is 1. The lowest BCUT2D eigenvalue weighted by Gasteiger charge is -2.18. The van der Waals surface area contributed by atoms with E-state index in [1.165, 1.54) is 5.56 Å². The molecule has 0 radical (unpaired) electrons. The molecule has 1 aliphatic rings. The lowest BCUT2D eigenvalue weighted by molar-refractivity contribution is -0.122. The van der Waals surface area contributed by atoms with E-state index in [0.29, 0.717) is 19.5 Å². The third kappa shape index (κ3) is 3.33. The molecule has 1 aliphatic heterocycles. The summed E-state index contributed by atoms with van der Waals surface area (Å²) >= 11 is 1.84. The van der Waals surface area contributed by atoms with Gasteiger partial charge >= 0.3 is 0 Å². The Morgan fingerprint density at radius 3 is 3.10 bits per heavy atom. The highest BCUT2D eigenvalue weighted by atomic mass is 32.2. The van der Waals surface area contributed by atoms with Gasteiger partial charge in [0.25, 0.3) is 0 Å². The number of nitriles is 1. The fourth-order valence-corrected chi connectivity index (χ4v) is 2.86. The molecule has 106 valence electrons. The van der Waals surface area contributed by atoms with E-state index >= 15 is 0 Å². The fraction of sp³-hybridized carbons (Fsp3) is 0.467. The summed E-state index contributed by atoms with van der Waals surface area (Å²) in [5, 5.41) is 15.2. The van der Waals surface area contributed by atoms with Crippen molar-refractivity contribution in [3.8, 4) is 6.07 Å². The van der Waals surface area contributed by atoms with Gasteiger partial charge in [0.2, 0.25) is 5.91 Å². The van der Waals surface area contributed by atoms with E-state index in [-0.39, 0.29) is 5.91 Å². The molecule has 1 atom stereocenters. The first-order valence-electron chi connectivity index (χ1n) is 6.80. The first kappa shape index (κ1) is 14.9. The molecule has 1 heterocycles. The van der Waals surface area contributed by atoms with Crippen molar-refractivity contribution in [1.82, 2.24) is 5.32 Å². The van der Waals surface area contributed by atoms with Crippen molar-refractivity contribution in [3.05, 3.63) is 29.8 Å². The summed E-state index contributed by atoms with van der Waals surface area (Å²) in [5.41, 5.74) is 1.03. The van der Waals surface area contributed by atoms with Crippen LogP contribution >= 0.6 is 11.8 Å². The van der Waals surface area contributed by atoms with E-state index in [4.69, 9.17) is 0 Å². The Kier molecular flexibility index (Phi) is 5.05. The van der Waals surface area contributed by atoms with Crippen LogP contribution in [0.25, 0.3) is 0 Å². The topological polar surface area (TPSA) is 64.9 Å². The average Bonchev–Trinajstić information content (AvgIpc) is 2.95. The minimum atomic E-state index is -0.922. The maximum absolute atomic E-state index is 12.3. The molecule has 4 nitrogen and oxygen atoms in total. The van der Waals surface area contributed by atoms with Gasteiger partial charge < -0.3 is 10.6 Å². The molecule has 20 heavy (non-hydrogen) atoms. The largest absolute Gasteiger partial charge is 0.325 e. The van der Waals surface area contributed by atoms with Gasteiger partial charge in [-0.15, -0.1) is 0 Å². The molecule has 1 amide bonds. The molecule has 0 saturated carbocycles. The number of nitrogens with zero attached hydrogens (tertiary/aromatic N) is 1. The summed E-state index contributed by atoms with van der Waals surface area (Å²) < 4.78 is 0. The van der Waals surface area contributed by atoms with E-state index in [2.05, 4.69) is 29.7 Å². The lowest BCUT2D eigenvalue weighted by atomic mass is 9.88. The molecule has 1 aromatic carbocycles. The third-order valence-corrected chi connectivity index (χ3v) is 4.41. The number of hydrogen-bond donors (Lipinski definition) is 2. The predicted molar refractivity (Wildman–Crippen MR) is 82.4 cm³/mol. The van der Waals surface area contributed by atoms with Gasteiger partial charge in [-0.1, -0.05) is 19.1 Å². The van der Waals surface area contributed by atoms with Crippen LogP contribution < -0.4 is 10.6 Å². The lowest BCUT2D eigenvalue weighted by Crippen LogP contribution is -2.36. The Morgan fingerprint density at radius 1 is 1.60 bits per heavy atom. The van der Waals surface area contributed by atoms with Crippen LogP contribution in [0, 0.1) is 16.7 Å². The van der Waals surface area contributed by atoms with Gasteiger partial charge in [0.15, 0.2) is 0 Å². The van der Waals surface area contributed by atoms with Crippen molar-refractivity contribution < 1.29 is 4.79 Å². The van der Waals surface area contributed by atoms with Crippen LogP contribution in [0.2, 0.25) is 0 Å². The highest BCUT2D eigenvalue weighted by Crippen LogP contribution is 2.27. The molecule has 0 aliphatic carbocycles. The van der Waals surface area contributed by atoms with Gasteiger partial charge in [-0.3, -0.25) is 4.79 Å². The van der Waals surface area contributed by atoms with Gasteiger partial charge in [-0.2, -0.15) is 17.0 Å². The number of carbonyl (C=O) groups excluding carboxylic acids is 1. The third-order valence-electron chi connectivity index (χ3n) is 3.46. The van der Waals surface area contributed by atoms with Crippen molar-refractivity contribution in [2.24, 2.45) is 5.41 Å². The Bertz CT molecular complexity index is 518. The number of anilines is 1. The smallest absolute Gasteiger partial charge is 0.246 e. The molecule has 2 N–H and O–H groups in total. The quantitative estimate of drug-likeness (QED) is 0.873. The van der Waals surface area contributed by atoms with Crippen molar-refractivity contribution in [2.75, 3.05) is 24.2 Å². The Balaban J connectivity index is 2.06. The van der Waals surface area contributed by atoms with E-state index in [1.54, 1.807) is 0 Å². The van der Waals surface area contributed by atoms with Crippen molar-refractivity contribution in [3.63, 3.8) is 0 Å². The molecular weight excluding hydrogens is 270 g/mol. The van der Waals surface area contributed by atoms with Crippen LogP contribution in [0.1, 0.15) is 18.9 Å². The van der Waals surface area contributed by atoms with E-state index < -0.39 is 5.41 Å². The molecule has 1 saturated heterocycles. The second kappa shape index (κ2) is 6.78. The van der Waals surface area contributed by atoms with Crippen LogP contribution in [0.15, 0.2) is 24.3 Å². The molecule has 1 unspecified atom stereocenters. The Morgan fingerprint density at radius 2 is 2.45 bits per heavy atom. The van der Waals surface area contributed by atoms with E-state index in [9.17, 15) is 10.1 Å². The van der Waals surface area contributed by atoms with Crippen LogP contribution in [0.3, 0.4) is 0 Å². The molecule has 1 aromatic rings. The summed E-state index contributed by atoms with van der Waals surface area (Å²) in [6.07, 6.45) is 0.570. The zero-order valence-corrected chi connectivity index (χ0v) is 12.4. The number of thioether (sulfide) groups is 1. The average molecular weight is 289 g/mol. The summed E-state index contributed by atoms with van der Waals surface area (Å²) in [6, 6.07) is 10.0. The molecule has 0 bridgehead atoms. The van der Waals surface area contributed by atoms with Gasteiger partial charge in [0.05, 0.1) is 6.07 Å². The Hall–Kier alpha value is -1.51. The van der Waals surface area contributed by atoms with Gasteiger partial charge in [-0.25, -0.2) is 0 Å². The fourth-order valence-electron chi connectivity index (χ4n) is 2.24. The molecule has 0 aromatic heterocycles. The normalized spacial score (nSPS) is 21.4. The highest BCUT2D eigenvalue weighted by Gasteiger charge is 2.41. The maximum atomic E-state index is 12.3.